The summed E-state index contributed by atoms with van der Waals surface area (Å²) in [6.45, 7) is 3.78. The lowest BCUT2D eigenvalue weighted by Gasteiger charge is -2.33. The molecule has 2 aliphatic rings. The minimum atomic E-state index is -1.64. The first-order chi connectivity index (χ1) is 16.7. The smallest absolute Gasteiger partial charge is 0.324 e. The zero-order valence-electron chi connectivity index (χ0n) is 20.4. The van der Waals surface area contributed by atoms with Gasteiger partial charge in [-0.2, -0.15) is 0 Å². The number of aliphatic carboxylic acids is 1. The molecule has 0 saturated carbocycles. The summed E-state index contributed by atoms with van der Waals surface area (Å²) in [5, 5.41) is 13.7. The Labute approximate surface area is 204 Å². The van der Waals surface area contributed by atoms with Crippen molar-refractivity contribution in [2.45, 2.75) is 31.8 Å². The van der Waals surface area contributed by atoms with Crippen LogP contribution in [-0.2, 0) is 14.4 Å². The predicted octanol–water partition coefficient (Wildman–Crippen LogP) is 3.03. The van der Waals surface area contributed by atoms with Crippen LogP contribution in [0, 0.1) is 17.8 Å². The van der Waals surface area contributed by atoms with Gasteiger partial charge in [-0.15, -0.1) is 0 Å². The quantitative estimate of drug-likeness (QED) is 0.552. The van der Waals surface area contributed by atoms with Crippen LogP contribution in [0.2, 0.25) is 0 Å². The number of benzene rings is 2. The van der Waals surface area contributed by atoms with E-state index in [4.69, 9.17) is 14.2 Å². The van der Waals surface area contributed by atoms with Crippen molar-refractivity contribution in [2.24, 2.45) is 17.8 Å². The Bertz CT molecular complexity index is 1160. The molecule has 2 amide bonds. The number of amides is 2. The second-order valence-corrected chi connectivity index (χ2v) is 9.29. The molecule has 2 saturated heterocycles. The summed E-state index contributed by atoms with van der Waals surface area (Å²) in [6, 6.07) is 11.1. The molecule has 0 aliphatic carbocycles. The fourth-order valence-corrected chi connectivity index (χ4v) is 5.51. The third kappa shape index (κ3) is 3.80. The minimum Gasteiger partial charge on any atom is -0.497 e. The van der Waals surface area contributed by atoms with Crippen LogP contribution in [0.25, 0.3) is 0 Å². The van der Waals surface area contributed by atoms with E-state index >= 15 is 0 Å². The standard InChI is InChI=1S/C26H30N2O7/c1-14(2)13-26(25(31)32)21-20(22(27-26)16-11-10-15(33-3)12-19(16)35-5)23(29)28(24(21)30)17-8-6-7-9-18(17)34-4/h6-12,14,20-22,27H,13H2,1-5H3,(H,31,32)/t20-,21+,22+,26+/m1/s1. The van der Waals surface area contributed by atoms with Crippen molar-refractivity contribution in [1.82, 2.24) is 5.32 Å². The van der Waals surface area contributed by atoms with Gasteiger partial charge in [0.15, 0.2) is 0 Å². The van der Waals surface area contributed by atoms with Gasteiger partial charge in [0.1, 0.15) is 22.8 Å². The van der Waals surface area contributed by atoms with Crippen molar-refractivity contribution < 1.29 is 33.7 Å². The monoisotopic (exact) mass is 482 g/mol. The Kier molecular flexibility index (Phi) is 6.46. The SMILES string of the molecule is COc1ccc([C@@H]2N[C@](CC(C)C)(C(=O)O)[C@@H]3C(=O)N(c4ccccc4OC)C(=O)[C@H]32)c(OC)c1. The highest BCUT2D eigenvalue weighted by atomic mass is 16.5. The summed E-state index contributed by atoms with van der Waals surface area (Å²) in [5.41, 5.74) is -0.764. The number of ether oxygens (including phenoxy) is 3. The van der Waals surface area contributed by atoms with Gasteiger partial charge in [-0.1, -0.05) is 32.0 Å². The number of nitrogens with zero attached hydrogens (tertiary/aromatic N) is 1. The highest BCUT2D eigenvalue weighted by molar-refractivity contribution is 6.24. The molecule has 4 rings (SSSR count). The van der Waals surface area contributed by atoms with Gasteiger partial charge in [-0.05, 0) is 30.5 Å². The molecule has 0 bridgehead atoms. The van der Waals surface area contributed by atoms with Crippen LogP contribution in [0.3, 0.4) is 0 Å². The molecule has 2 aliphatic heterocycles. The van der Waals surface area contributed by atoms with Gasteiger partial charge in [-0.25, -0.2) is 4.90 Å². The average Bonchev–Trinajstić information content (AvgIpc) is 3.32. The van der Waals surface area contributed by atoms with E-state index in [0.717, 1.165) is 4.90 Å². The molecule has 2 aromatic rings. The second kappa shape index (κ2) is 9.22. The maximum absolute atomic E-state index is 13.9. The van der Waals surface area contributed by atoms with Gasteiger partial charge < -0.3 is 19.3 Å². The van der Waals surface area contributed by atoms with Gasteiger partial charge >= 0.3 is 5.97 Å². The van der Waals surface area contributed by atoms with Gasteiger partial charge in [0.05, 0.1) is 38.9 Å². The summed E-state index contributed by atoms with van der Waals surface area (Å²) >= 11 is 0. The number of hydrogen-bond acceptors (Lipinski definition) is 7. The molecule has 0 radical (unpaired) electrons. The number of carboxylic acid groups (broad SMARTS) is 1. The van der Waals surface area contributed by atoms with E-state index in [-0.39, 0.29) is 12.3 Å². The second-order valence-electron chi connectivity index (χ2n) is 9.29. The Morgan fingerprint density at radius 3 is 2.31 bits per heavy atom. The predicted molar refractivity (Wildman–Crippen MR) is 128 cm³/mol. The molecule has 2 heterocycles. The number of hydrogen-bond donors (Lipinski definition) is 2. The van der Waals surface area contributed by atoms with Crippen molar-refractivity contribution >= 4 is 23.5 Å². The Hall–Kier alpha value is -3.59. The molecule has 35 heavy (non-hydrogen) atoms. The minimum absolute atomic E-state index is 0.0565. The van der Waals surface area contributed by atoms with Crippen LogP contribution >= 0.6 is 0 Å². The highest BCUT2D eigenvalue weighted by Gasteiger charge is 2.69. The molecule has 0 aromatic heterocycles. The molecule has 2 N–H and O–H groups in total. The molecule has 2 fully saturated rings. The first-order valence-corrected chi connectivity index (χ1v) is 11.4. The van der Waals surface area contributed by atoms with Crippen molar-refractivity contribution in [3.63, 3.8) is 0 Å². The number of rotatable bonds is 8. The lowest BCUT2D eigenvalue weighted by atomic mass is 9.75. The van der Waals surface area contributed by atoms with Crippen LogP contribution in [-0.4, -0.2) is 49.8 Å². The van der Waals surface area contributed by atoms with Crippen LogP contribution in [0.4, 0.5) is 5.69 Å². The molecule has 4 atom stereocenters. The maximum atomic E-state index is 13.9. The number of fused-ring (bicyclic) bond motifs is 1. The molecule has 0 spiro atoms. The van der Waals surface area contributed by atoms with E-state index in [2.05, 4.69) is 5.32 Å². The summed E-state index contributed by atoms with van der Waals surface area (Å²) in [7, 11) is 4.48. The van der Waals surface area contributed by atoms with Gasteiger partial charge in [0, 0.05) is 17.7 Å². The Morgan fingerprint density at radius 1 is 1.03 bits per heavy atom. The van der Waals surface area contributed by atoms with Crippen LogP contribution in [0.1, 0.15) is 31.9 Å². The average molecular weight is 483 g/mol. The van der Waals surface area contributed by atoms with Gasteiger partial charge in [0.2, 0.25) is 11.8 Å². The first kappa shape index (κ1) is 24.5. The van der Waals surface area contributed by atoms with E-state index in [1.165, 1.54) is 21.3 Å². The molecule has 2 aromatic carbocycles. The van der Waals surface area contributed by atoms with Crippen molar-refractivity contribution in [1.29, 1.82) is 0 Å². The number of nitrogens with one attached hydrogen (secondary N) is 1. The van der Waals surface area contributed by atoms with E-state index in [0.29, 0.717) is 28.5 Å². The number of carboxylic acids is 1. The van der Waals surface area contributed by atoms with E-state index < -0.39 is 41.2 Å². The molecule has 9 heteroatoms. The van der Waals surface area contributed by atoms with Crippen molar-refractivity contribution in [2.75, 3.05) is 26.2 Å². The third-order valence-corrected chi connectivity index (χ3v) is 6.87. The summed E-state index contributed by atoms with van der Waals surface area (Å²) in [6.07, 6.45) is 0.164. The van der Waals surface area contributed by atoms with E-state index in [1.54, 1.807) is 42.5 Å². The molecule has 186 valence electrons. The van der Waals surface area contributed by atoms with Crippen LogP contribution in [0.5, 0.6) is 17.2 Å². The van der Waals surface area contributed by atoms with E-state index in [1.807, 2.05) is 13.8 Å². The molecule has 0 unspecified atom stereocenters. The fourth-order valence-electron chi connectivity index (χ4n) is 5.51. The molecule has 9 nitrogen and oxygen atoms in total. The zero-order valence-corrected chi connectivity index (χ0v) is 20.4. The third-order valence-electron chi connectivity index (χ3n) is 6.87. The van der Waals surface area contributed by atoms with Crippen LogP contribution < -0.4 is 24.4 Å². The Balaban J connectivity index is 1.91. The lowest BCUT2D eigenvalue weighted by molar-refractivity contribution is -0.149. The number of methoxy groups -OCH3 is 3. The van der Waals surface area contributed by atoms with Gasteiger partial charge in [0.25, 0.3) is 0 Å². The number of carbonyl (C=O) groups excluding carboxylic acids is 2. The molecular weight excluding hydrogens is 452 g/mol. The first-order valence-electron chi connectivity index (χ1n) is 11.4. The number of para-hydroxylation sites is 2. The number of carbonyl (C=O) groups is 3. The number of imide groups is 1. The largest absolute Gasteiger partial charge is 0.497 e. The summed E-state index contributed by atoms with van der Waals surface area (Å²) < 4.78 is 16.3. The highest BCUT2D eigenvalue weighted by Crippen LogP contribution is 2.53. The van der Waals surface area contributed by atoms with Gasteiger partial charge in [-0.3, -0.25) is 19.7 Å². The summed E-state index contributed by atoms with van der Waals surface area (Å²) in [5.74, 6) is -3.00. The van der Waals surface area contributed by atoms with E-state index in [9.17, 15) is 19.5 Å². The normalized spacial score (nSPS) is 25.7. The number of anilines is 1. The topological polar surface area (TPSA) is 114 Å². The lowest BCUT2D eigenvalue weighted by Crippen LogP contribution is -2.56. The zero-order chi connectivity index (χ0) is 25.5. The molecular formula is C26H30N2O7. The Morgan fingerprint density at radius 2 is 1.71 bits per heavy atom. The maximum Gasteiger partial charge on any atom is 0.324 e. The van der Waals surface area contributed by atoms with Crippen LogP contribution in [0.15, 0.2) is 42.5 Å². The summed E-state index contributed by atoms with van der Waals surface area (Å²) in [4.78, 5) is 41.7. The fraction of sp³-hybridized carbons (Fsp3) is 0.423. The van der Waals surface area contributed by atoms with Crippen molar-refractivity contribution in [3.05, 3.63) is 48.0 Å². The van der Waals surface area contributed by atoms with Crippen molar-refractivity contribution in [3.8, 4) is 17.2 Å².